The molecule has 0 bridgehead atoms. The van der Waals surface area contributed by atoms with Crippen molar-refractivity contribution in [1.82, 2.24) is 10.6 Å². The van der Waals surface area contributed by atoms with Gasteiger partial charge in [-0.05, 0) is 51.3 Å². The molecule has 0 aliphatic carbocycles. The van der Waals surface area contributed by atoms with Crippen LogP contribution in [-0.4, -0.2) is 36.8 Å². The predicted molar refractivity (Wildman–Crippen MR) is 103 cm³/mol. The summed E-state index contributed by atoms with van der Waals surface area (Å²) in [7, 11) is 0. The number of rotatable bonds is 9. The van der Waals surface area contributed by atoms with E-state index in [9.17, 15) is 9.59 Å². The number of carbonyl (C=O) groups excluding carboxylic acids is 2. The Morgan fingerprint density at radius 3 is 2.38 bits per heavy atom. The molecule has 0 heterocycles. The van der Waals surface area contributed by atoms with Crippen molar-refractivity contribution in [2.24, 2.45) is 5.92 Å². The summed E-state index contributed by atoms with van der Waals surface area (Å²) in [6.07, 6.45) is -0.327. The topological polar surface area (TPSA) is 76.7 Å². The van der Waals surface area contributed by atoms with Crippen LogP contribution in [0.2, 0.25) is 5.02 Å². The fraction of sp³-hybridized carbons (Fsp3) is 0.579. The van der Waals surface area contributed by atoms with E-state index in [1.54, 1.807) is 38.1 Å². The molecule has 2 atom stereocenters. The zero-order valence-electron chi connectivity index (χ0n) is 16.0. The molecule has 0 fully saturated rings. The van der Waals surface area contributed by atoms with Gasteiger partial charge in [-0.2, -0.15) is 0 Å². The molecule has 0 spiro atoms. The van der Waals surface area contributed by atoms with Gasteiger partial charge < -0.3 is 20.1 Å². The van der Waals surface area contributed by atoms with Crippen LogP contribution in [0.4, 0.5) is 4.79 Å². The van der Waals surface area contributed by atoms with Crippen LogP contribution < -0.4 is 15.4 Å². The average molecular weight is 385 g/mol. The largest absolute Gasteiger partial charge is 0.491 e. The molecular formula is C19H29ClN2O4. The second-order valence-electron chi connectivity index (χ2n) is 6.96. The second kappa shape index (κ2) is 10.9. The highest BCUT2D eigenvalue weighted by Gasteiger charge is 2.24. The van der Waals surface area contributed by atoms with E-state index in [4.69, 9.17) is 21.1 Å². The number of carbonyl (C=O) groups is 2. The summed E-state index contributed by atoms with van der Waals surface area (Å²) in [6, 6.07) is 6.17. The molecule has 146 valence electrons. The number of amides is 2. The van der Waals surface area contributed by atoms with E-state index in [0.29, 0.717) is 17.2 Å². The molecule has 1 aromatic carbocycles. The first-order valence-electron chi connectivity index (χ1n) is 8.83. The van der Waals surface area contributed by atoms with Crippen molar-refractivity contribution in [2.45, 2.75) is 59.2 Å². The third kappa shape index (κ3) is 8.94. The minimum Gasteiger partial charge on any atom is -0.491 e. The Labute approximate surface area is 160 Å². The molecular weight excluding hydrogens is 356 g/mol. The van der Waals surface area contributed by atoms with Gasteiger partial charge in [0.1, 0.15) is 18.4 Å². The number of hydrogen-bond acceptors (Lipinski definition) is 4. The van der Waals surface area contributed by atoms with Gasteiger partial charge in [-0.15, -0.1) is 0 Å². The minimum absolute atomic E-state index is 0.237. The van der Waals surface area contributed by atoms with Crippen molar-refractivity contribution in [3.8, 4) is 5.75 Å². The van der Waals surface area contributed by atoms with Gasteiger partial charge in [-0.3, -0.25) is 4.79 Å². The molecule has 2 unspecified atom stereocenters. The fourth-order valence-electron chi connectivity index (χ4n) is 2.26. The molecule has 0 aliphatic heterocycles. The van der Waals surface area contributed by atoms with Gasteiger partial charge in [0.25, 0.3) is 0 Å². The van der Waals surface area contributed by atoms with Gasteiger partial charge in [0, 0.05) is 5.02 Å². The van der Waals surface area contributed by atoms with Crippen molar-refractivity contribution in [3.05, 3.63) is 29.3 Å². The van der Waals surface area contributed by atoms with Crippen LogP contribution in [0, 0.1) is 5.92 Å². The normalized spacial score (nSPS) is 13.2. The highest BCUT2D eigenvalue weighted by atomic mass is 35.5. The third-order valence-corrected chi connectivity index (χ3v) is 3.58. The number of hydrogen-bond donors (Lipinski definition) is 2. The van der Waals surface area contributed by atoms with Gasteiger partial charge in [0.2, 0.25) is 5.91 Å². The quantitative estimate of drug-likeness (QED) is 0.679. The lowest BCUT2D eigenvalue weighted by molar-refractivity contribution is -0.124. The summed E-state index contributed by atoms with van der Waals surface area (Å²) >= 11 is 5.92. The molecule has 7 heteroatoms. The van der Waals surface area contributed by atoms with E-state index in [0.717, 1.165) is 0 Å². The number of halogens is 1. The highest BCUT2D eigenvalue weighted by Crippen LogP contribution is 2.17. The van der Waals surface area contributed by atoms with E-state index in [2.05, 4.69) is 10.6 Å². The minimum atomic E-state index is -0.658. The summed E-state index contributed by atoms with van der Waals surface area (Å²) in [4.78, 5) is 24.3. The van der Waals surface area contributed by atoms with Crippen LogP contribution in [0.15, 0.2) is 24.3 Å². The Hall–Kier alpha value is -1.95. The Kier molecular flexibility index (Phi) is 9.27. The Balaban J connectivity index is 2.56. The lowest BCUT2D eigenvalue weighted by Crippen LogP contribution is -2.51. The summed E-state index contributed by atoms with van der Waals surface area (Å²) in [5.74, 6) is 0.612. The maximum absolute atomic E-state index is 12.5. The molecule has 6 nitrogen and oxygen atoms in total. The molecule has 0 radical (unpaired) electrons. The zero-order valence-corrected chi connectivity index (χ0v) is 16.8. The highest BCUT2D eigenvalue weighted by molar-refractivity contribution is 6.30. The van der Waals surface area contributed by atoms with Gasteiger partial charge in [0.05, 0.1) is 12.1 Å². The summed E-state index contributed by atoms with van der Waals surface area (Å²) < 4.78 is 10.7. The number of ether oxygens (including phenoxy) is 2. The molecule has 1 aromatic rings. The molecule has 1 rings (SSSR count). The van der Waals surface area contributed by atoms with Crippen molar-refractivity contribution in [1.29, 1.82) is 0 Å². The molecule has 0 saturated heterocycles. The first-order valence-corrected chi connectivity index (χ1v) is 9.21. The van der Waals surface area contributed by atoms with E-state index in [1.807, 2.05) is 20.8 Å². The van der Waals surface area contributed by atoms with Crippen LogP contribution in [0.3, 0.4) is 0 Å². The standard InChI is InChI=1S/C19H29ClN2O4/c1-12(2)9-17(22-19(24)26-13(3)4)18(23)21-14(5)11-25-16-8-6-7-15(20)10-16/h6-8,10,12-14,17H,9,11H2,1-5H3,(H,21,23)(H,22,24). The third-order valence-electron chi connectivity index (χ3n) is 3.34. The molecule has 0 aromatic heterocycles. The lowest BCUT2D eigenvalue weighted by atomic mass is 10.0. The summed E-state index contributed by atoms with van der Waals surface area (Å²) in [6.45, 7) is 9.61. The van der Waals surface area contributed by atoms with E-state index in [-0.39, 0.29) is 30.6 Å². The van der Waals surface area contributed by atoms with Crippen molar-refractivity contribution in [3.63, 3.8) is 0 Å². The lowest BCUT2D eigenvalue weighted by Gasteiger charge is -2.23. The van der Waals surface area contributed by atoms with Gasteiger partial charge in [0.15, 0.2) is 0 Å². The zero-order chi connectivity index (χ0) is 19.7. The van der Waals surface area contributed by atoms with Gasteiger partial charge in [-0.25, -0.2) is 4.79 Å². The van der Waals surface area contributed by atoms with Crippen LogP contribution in [0.1, 0.15) is 41.0 Å². The van der Waals surface area contributed by atoms with Crippen molar-refractivity contribution < 1.29 is 19.1 Å². The maximum Gasteiger partial charge on any atom is 0.408 e. The monoisotopic (exact) mass is 384 g/mol. The first-order chi connectivity index (χ1) is 12.2. The average Bonchev–Trinajstić information content (AvgIpc) is 2.51. The maximum atomic E-state index is 12.5. The SMILES string of the molecule is CC(C)CC(NC(=O)OC(C)C)C(=O)NC(C)COc1cccc(Cl)c1. The van der Waals surface area contributed by atoms with Gasteiger partial charge >= 0.3 is 6.09 Å². The second-order valence-corrected chi connectivity index (χ2v) is 7.39. The molecule has 2 amide bonds. The Bertz CT molecular complexity index is 593. The van der Waals surface area contributed by atoms with Crippen molar-refractivity contribution >= 4 is 23.6 Å². The number of nitrogens with one attached hydrogen (secondary N) is 2. The number of alkyl carbamates (subject to hydrolysis) is 1. The molecule has 0 aliphatic rings. The molecule has 2 N–H and O–H groups in total. The van der Waals surface area contributed by atoms with E-state index in [1.165, 1.54) is 0 Å². The predicted octanol–water partition coefficient (Wildman–Crippen LogP) is 3.77. The summed E-state index contributed by atoms with van der Waals surface area (Å²) in [5, 5.41) is 6.08. The van der Waals surface area contributed by atoms with Crippen LogP contribution >= 0.6 is 11.6 Å². The van der Waals surface area contributed by atoms with Gasteiger partial charge in [-0.1, -0.05) is 31.5 Å². The Morgan fingerprint density at radius 2 is 1.81 bits per heavy atom. The first kappa shape index (κ1) is 22.1. The van der Waals surface area contributed by atoms with Crippen LogP contribution in [-0.2, 0) is 9.53 Å². The van der Waals surface area contributed by atoms with E-state index < -0.39 is 12.1 Å². The Morgan fingerprint density at radius 1 is 1.12 bits per heavy atom. The smallest absolute Gasteiger partial charge is 0.408 e. The number of benzene rings is 1. The fourth-order valence-corrected chi connectivity index (χ4v) is 2.44. The van der Waals surface area contributed by atoms with Crippen molar-refractivity contribution in [2.75, 3.05) is 6.61 Å². The summed E-state index contributed by atoms with van der Waals surface area (Å²) in [5.41, 5.74) is 0. The molecule has 26 heavy (non-hydrogen) atoms. The molecule has 0 saturated carbocycles. The van der Waals surface area contributed by atoms with Crippen LogP contribution in [0.25, 0.3) is 0 Å². The van der Waals surface area contributed by atoms with Crippen LogP contribution in [0.5, 0.6) is 5.75 Å². The van der Waals surface area contributed by atoms with E-state index >= 15 is 0 Å².